The van der Waals surface area contributed by atoms with Gasteiger partial charge in [0.05, 0.1) is 6.54 Å². The summed E-state index contributed by atoms with van der Waals surface area (Å²) >= 11 is 11.1. The van der Waals surface area contributed by atoms with Gasteiger partial charge in [-0.05, 0) is 6.42 Å². The molecule has 2 amide bonds. The zero-order valence-electron chi connectivity index (χ0n) is 10.4. The van der Waals surface area contributed by atoms with Crippen LogP contribution in [-0.4, -0.2) is 39.8 Å². The maximum Gasteiger partial charge on any atom is 0.256 e. The molecule has 1 N–H and O–H groups in total. The van der Waals surface area contributed by atoms with Gasteiger partial charge in [-0.3, -0.25) is 9.59 Å². The number of anilines is 1. The van der Waals surface area contributed by atoms with Gasteiger partial charge in [-0.2, -0.15) is 0 Å². The van der Waals surface area contributed by atoms with Crippen molar-refractivity contribution in [2.45, 2.75) is 24.6 Å². The molecule has 0 bridgehead atoms. The largest absolute Gasteiger partial charge is 0.363 e. The lowest BCUT2D eigenvalue weighted by Gasteiger charge is -2.22. The van der Waals surface area contributed by atoms with Crippen LogP contribution in [0.3, 0.4) is 0 Å². The van der Waals surface area contributed by atoms with E-state index in [9.17, 15) is 9.59 Å². The van der Waals surface area contributed by atoms with Crippen molar-refractivity contribution in [3.63, 3.8) is 0 Å². The summed E-state index contributed by atoms with van der Waals surface area (Å²) in [7, 11) is 0. The first-order valence-corrected chi connectivity index (χ1v) is 6.69. The van der Waals surface area contributed by atoms with Crippen LogP contribution in [0.5, 0.6) is 0 Å². The molecule has 1 rings (SSSR count). The first kappa shape index (κ1) is 15.8. The lowest BCUT2D eigenvalue weighted by Crippen LogP contribution is -2.41. The summed E-state index contributed by atoms with van der Waals surface area (Å²) in [5.74, 6) is -0.569. The third-order valence-electron chi connectivity index (χ3n) is 2.32. The lowest BCUT2D eigenvalue weighted by molar-refractivity contribution is -0.133. The topological polar surface area (TPSA) is 75.4 Å². The highest BCUT2D eigenvalue weighted by molar-refractivity contribution is 6.53. The fraction of sp³-hybridized carbons (Fsp3) is 0.545. The summed E-state index contributed by atoms with van der Waals surface area (Å²) in [5, 5.41) is 6.04. The van der Waals surface area contributed by atoms with Crippen molar-refractivity contribution in [1.82, 2.24) is 10.1 Å². The molecule has 1 heterocycles. The van der Waals surface area contributed by atoms with E-state index in [4.69, 9.17) is 23.2 Å². The molecule has 0 unspecified atom stereocenters. The van der Waals surface area contributed by atoms with Crippen LogP contribution in [0.4, 0.5) is 5.82 Å². The van der Waals surface area contributed by atoms with Gasteiger partial charge < -0.3 is 14.7 Å². The number of carbonyl (C=O) groups excluding carboxylic acids is 2. The van der Waals surface area contributed by atoms with Crippen LogP contribution in [0.1, 0.15) is 19.8 Å². The molecular weight excluding hydrogens is 293 g/mol. The fourth-order valence-corrected chi connectivity index (χ4v) is 1.66. The highest BCUT2D eigenvalue weighted by Gasteiger charge is 2.22. The van der Waals surface area contributed by atoms with Crippen LogP contribution < -0.4 is 5.32 Å². The van der Waals surface area contributed by atoms with E-state index in [-0.39, 0.29) is 12.5 Å². The van der Waals surface area contributed by atoms with Crippen LogP contribution in [-0.2, 0) is 9.59 Å². The number of unbranched alkanes of at least 4 members (excludes halogenated alkanes) is 1. The molecule has 8 heteroatoms. The predicted molar refractivity (Wildman–Crippen MR) is 72.1 cm³/mol. The molecule has 0 aromatic carbocycles. The van der Waals surface area contributed by atoms with Crippen molar-refractivity contribution in [3.8, 4) is 0 Å². The highest BCUT2D eigenvalue weighted by atomic mass is 35.5. The number of alkyl halides is 2. The summed E-state index contributed by atoms with van der Waals surface area (Å²) in [6.45, 7) is 2.29. The van der Waals surface area contributed by atoms with Gasteiger partial charge in [-0.15, -0.1) is 0 Å². The van der Waals surface area contributed by atoms with Gasteiger partial charge in [0, 0.05) is 12.6 Å². The van der Waals surface area contributed by atoms with Crippen LogP contribution >= 0.6 is 23.2 Å². The fourth-order valence-electron chi connectivity index (χ4n) is 1.39. The standard InChI is InChI=1S/C11H15Cl2N3O3/c1-2-3-5-16(11(18)10(12)13)7-9(17)14-8-4-6-19-15-8/h4,6,10H,2-3,5,7H2,1H3,(H,14,15,17). The van der Waals surface area contributed by atoms with E-state index in [1.54, 1.807) is 0 Å². The number of hydrogen-bond donors (Lipinski definition) is 1. The predicted octanol–water partition coefficient (Wildman–Crippen LogP) is 2.05. The number of halogens is 2. The van der Waals surface area contributed by atoms with Crippen LogP contribution in [0.15, 0.2) is 16.9 Å². The third kappa shape index (κ3) is 5.48. The summed E-state index contributed by atoms with van der Waals surface area (Å²) in [6.07, 6.45) is 3.00. The SMILES string of the molecule is CCCCN(CC(=O)Nc1ccon1)C(=O)C(Cl)Cl. The molecule has 1 aromatic heterocycles. The van der Waals surface area contributed by atoms with Crippen molar-refractivity contribution in [3.05, 3.63) is 12.3 Å². The molecule has 0 fully saturated rings. The number of hydrogen-bond acceptors (Lipinski definition) is 4. The van der Waals surface area contributed by atoms with Gasteiger partial charge in [0.25, 0.3) is 5.91 Å². The van der Waals surface area contributed by atoms with Gasteiger partial charge in [-0.25, -0.2) is 0 Å². The van der Waals surface area contributed by atoms with Crippen LogP contribution in [0.2, 0.25) is 0 Å². The maximum atomic E-state index is 11.7. The molecular formula is C11H15Cl2N3O3. The Kier molecular flexibility index (Phi) is 6.66. The van der Waals surface area contributed by atoms with E-state index < -0.39 is 10.7 Å². The minimum Gasteiger partial charge on any atom is -0.363 e. The number of nitrogens with one attached hydrogen (secondary N) is 1. The Morgan fingerprint density at radius 1 is 1.53 bits per heavy atom. The molecule has 0 saturated carbocycles. The maximum absolute atomic E-state index is 11.7. The van der Waals surface area contributed by atoms with E-state index >= 15 is 0 Å². The molecule has 19 heavy (non-hydrogen) atoms. The zero-order valence-corrected chi connectivity index (χ0v) is 11.9. The molecule has 0 aliphatic rings. The lowest BCUT2D eigenvalue weighted by atomic mass is 10.3. The second-order valence-corrected chi connectivity index (χ2v) is 4.94. The molecule has 1 aromatic rings. The smallest absolute Gasteiger partial charge is 0.256 e. The average Bonchev–Trinajstić information content (AvgIpc) is 2.86. The van der Waals surface area contributed by atoms with Crippen molar-refractivity contribution in [2.24, 2.45) is 0 Å². The molecule has 0 radical (unpaired) electrons. The highest BCUT2D eigenvalue weighted by Crippen LogP contribution is 2.09. The van der Waals surface area contributed by atoms with Crippen molar-refractivity contribution < 1.29 is 14.1 Å². The molecule has 0 aliphatic carbocycles. The normalized spacial score (nSPS) is 10.5. The summed E-state index contributed by atoms with van der Waals surface area (Å²) in [6, 6.07) is 1.50. The summed E-state index contributed by atoms with van der Waals surface area (Å²) in [5.41, 5.74) is 0. The monoisotopic (exact) mass is 307 g/mol. The number of nitrogens with zero attached hydrogens (tertiary/aromatic N) is 2. The Labute approximate surface area is 121 Å². The van der Waals surface area contributed by atoms with Crippen LogP contribution in [0.25, 0.3) is 0 Å². The number of carbonyl (C=O) groups is 2. The molecule has 0 saturated heterocycles. The van der Waals surface area contributed by atoms with E-state index in [0.29, 0.717) is 12.4 Å². The number of rotatable bonds is 7. The number of aromatic nitrogens is 1. The molecule has 0 spiro atoms. The summed E-state index contributed by atoms with van der Waals surface area (Å²) in [4.78, 5) is 23.6. The molecule has 6 nitrogen and oxygen atoms in total. The Morgan fingerprint density at radius 3 is 2.79 bits per heavy atom. The van der Waals surface area contributed by atoms with Gasteiger partial charge in [0.1, 0.15) is 6.26 Å². The first-order valence-electron chi connectivity index (χ1n) is 5.81. The molecule has 0 atom stereocenters. The third-order valence-corrected chi connectivity index (χ3v) is 2.69. The van der Waals surface area contributed by atoms with Crippen molar-refractivity contribution in [2.75, 3.05) is 18.4 Å². The quantitative estimate of drug-likeness (QED) is 0.782. The minimum absolute atomic E-state index is 0.123. The van der Waals surface area contributed by atoms with Crippen LogP contribution in [0, 0.1) is 0 Å². The minimum atomic E-state index is -1.17. The molecule has 106 valence electrons. The van der Waals surface area contributed by atoms with E-state index in [2.05, 4.69) is 15.0 Å². The van der Waals surface area contributed by atoms with Crippen molar-refractivity contribution in [1.29, 1.82) is 0 Å². The van der Waals surface area contributed by atoms with Gasteiger partial charge in [0.2, 0.25) is 5.91 Å². The second kappa shape index (κ2) is 8.01. The second-order valence-electron chi connectivity index (χ2n) is 3.85. The van der Waals surface area contributed by atoms with E-state index in [1.165, 1.54) is 17.2 Å². The van der Waals surface area contributed by atoms with Gasteiger partial charge >= 0.3 is 0 Å². The number of amides is 2. The summed E-state index contributed by atoms with van der Waals surface area (Å²) < 4.78 is 4.58. The van der Waals surface area contributed by atoms with Crippen molar-refractivity contribution >= 4 is 40.8 Å². The molecule has 0 aliphatic heterocycles. The van der Waals surface area contributed by atoms with E-state index in [1.807, 2.05) is 6.92 Å². The average molecular weight is 308 g/mol. The Hall–Kier alpha value is -1.27. The van der Waals surface area contributed by atoms with Gasteiger partial charge in [0.15, 0.2) is 10.7 Å². The first-order chi connectivity index (χ1) is 9.04. The Morgan fingerprint density at radius 2 is 2.26 bits per heavy atom. The Bertz CT molecular complexity index is 409. The van der Waals surface area contributed by atoms with Gasteiger partial charge in [-0.1, -0.05) is 41.7 Å². The zero-order chi connectivity index (χ0) is 14.3. The van der Waals surface area contributed by atoms with E-state index in [0.717, 1.165) is 12.8 Å². The Balaban J connectivity index is 2.55.